The summed E-state index contributed by atoms with van der Waals surface area (Å²) in [5.41, 5.74) is 0. The van der Waals surface area contributed by atoms with Gasteiger partial charge in [-0.05, 0) is 52.2 Å². The van der Waals surface area contributed by atoms with Gasteiger partial charge in [0, 0.05) is 30.7 Å². The van der Waals surface area contributed by atoms with Crippen molar-refractivity contribution in [2.45, 2.75) is 97.5 Å². The molecule has 5 N–H and O–H groups in total. The molecule has 0 aliphatic carbocycles. The second kappa shape index (κ2) is 15.1. The van der Waals surface area contributed by atoms with Crippen molar-refractivity contribution in [3.8, 4) is 0 Å². The first-order chi connectivity index (χ1) is 11.5. The summed E-state index contributed by atoms with van der Waals surface area (Å²) in [6, 6.07) is 2.22. The molecule has 2 fully saturated rings. The molecule has 2 heterocycles. The van der Waals surface area contributed by atoms with Gasteiger partial charge in [-0.15, -0.1) is 0 Å². The Morgan fingerprint density at radius 3 is 2.04 bits per heavy atom. The smallest absolute Gasteiger partial charge is 0.0817 e. The van der Waals surface area contributed by atoms with Crippen molar-refractivity contribution >= 4 is 0 Å². The van der Waals surface area contributed by atoms with Crippen molar-refractivity contribution in [3.63, 3.8) is 0 Å². The van der Waals surface area contributed by atoms with Gasteiger partial charge in [0.2, 0.25) is 0 Å². The molecule has 146 valence electrons. The van der Waals surface area contributed by atoms with Gasteiger partial charge in [-0.25, -0.2) is 0 Å². The molecule has 0 aromatic heterocycles. The van der Waals surface area contributed by atoms with E-state index in [1.54, 1.807) is 0 Å². The van der Waals surface area contributed by atoms with Gasteiger partial charge in [-0.2, -0.15) is 0 Å². The van der Waals surface area contributed by atoms with E-state index in [-0.39, 0.29) is 12.1 Å². The number of hydrogen-bond acceptors (Lipinski definition) is 5. The van der Waals surface area contributed by atoms with E-state index in [1.807, 2.05) is 13.8 Å². The van der Waals surface area contributed by atoms with Gasteiger partial charge < -0.3 is 26.4 Å². The van der Waals surface area contributed by atoms with Crippen molar-refractivity contribution in [2.75, 3.05) is 26.2 Å². The van der Waals surface area contributed by atoms with Gasteiger partial charge >= 0.3 is 0 Å². The molecule has 2 rings (SSSR count). The highest BCUT2D eigenvalue weighted by Crippen LogP contribution is 2.04. The van der Waals surface area contributed by atoms with Gasteiger partial charge in [-0.3, -0.25) is 0 Å². The van der Waals surface area contributed by atoms with Crippen LogP contribution in [0.15, 0.2) is 0 Å². The van der Waals surface area contributed by atoms with Crippen LogP contribution in [0.3, 0.4) is 0 Å². The van der Waals surface area contributed by atoms with Crippen LogP contribution in [0.2, 0.25) is 0 Å². The highest BCUT2D eigenvalue weighted by Gasteiger charge is 2.22. The average Bonchev–Trinajstić information content (AvgIpc) is 2.60. The number of hydrogen-bond donors (Lipinski definition) is 5. The monoisotopic (exact) mass is 344 g/mol. The Morgan fingerprint density at radius 1 is 0.958 bits per heavy atom. The van der Waals surface area contributed by atoms with Gasteiger partial charge in [0.15, 0.2) is 0 Å². The molecule has 0 bridgehead atoms. The van der Waals surface area contributed by atoms with Crippen molar-refractivity contribution < 1.29 is 5.11 Å². The fourth-order valence-corrected chi connectivity index (χ4v) is 2.97. The molecule has 0 aromatic rings. The summed E-state index contributed by atoms with van der Waals surface area (Å²) >= 11 is 0. The summed E-state index contributed by atoms with van der Waals surface area (Å²) in [4.78, 5) is 0. The Bertz CT molecular complexity index is 270. The van der Waals surface area contributed by atoms with Crippen LogP contribution in [0, 0.1) is 0 Å². The van der Waals surface area contributed by atoms with E-state index in [1.165, 1.54) is 32.4 Å². The summed E-state index contributed by atoms with van der Waals surface area (Å²) in [6.45, 7) is 16.8. The van der Waals surface area contributed by atoms with E-state index in [4.69, 9.17) is 0 Å². The first-order valence-corrected chi connectivity index (χ1v) is 10.1. The molecule has 3 atom stereocenters. The SMILES string of the molecule is CC.CC(C)N[C@H]1CCNCC1O.CCC(C)NC1CCNCC1. The third kappa shape index (κ3) is 11.4. The molecule has 2 aliphatic rings. The minimum atomic E-state index is -0.217. The number of nitrogens with one attached hydrogen (secondary N) is 4. The van der Waals surface area contributed by atoms with Crippen LogP contribution >= 0.6 is 0 Å². The standard InChI is InChI=1S/C9H20N2.C8H18N2O.C2H6/c1-3-8(2)11-9-4-6-10-7-5-9;1-6(2)10-7-3-4-9-5-8(7)11;1-2/h8-11H,3-7H2,1-2H3;6-11H,3-5H2,1-2H3;1-2H3/t;7-,8?;/m.0./s1. The molecule has 2 aliphatic heterocycles. The van der Waals surface area contributed by atoms with E-state index in [0.29, 0.717) is 12.1 Å². The molecule has 0 radical (unpaired) electrons. The lowest BCUT2D eigenvalue weighted by Crippen LogP contribution is -2.52. The predicted octanol–water partition coefficient (Wildman–Crippen LogP) is 1.86. The van der Waals surface area contributed by atoms with Crippen LogP contribution in [0.5, 0.6) is 0 Å². The van der Waals surface area contributed by atoms with E-state index in [9.17, 15) is 5.11 Å². The lowest BCUT2D eigenvalue weighted by Gasteiger charge is -2.30. The molecule has 2 saturated heterocycles. The van der Waals surface area contributed by atoms with Crippen LogP contribution in [-0.2, 0) is 0 Å². The topological polar surface area (TPSA) is 68.3 Å². The second-order valence-corrected chi connectivity index (χ2v) is 6.99. The van der Waals surface area contributed by atoms with Crippen molar-refractivity contribution in [2.24, 2.45) is 0 Å². The Labute approximate surface area is 150 Å². The number of aliphatic hydroxyl groups is 1. The number of β-amino-alcohol motifs (C(OH)–C–C–N with tert-alkyl or cyclic N) is 1. The maximum absolute atomic E-state index is 9.49. The highest BCUT2D eigenvalue weighted by molar-refractivity contribution is 4.83. The minimum Gasteiger partial charge on any atom is -0.390 e. The van der Waals surface area contributed by atoms with Crippen LogP contribution in [0.1, 0.15) is 67.2 Å². The molecule has 5 heteroatoms. The zero-order chi connectivity index (χ0) is 18.4. The van der Waals surface area contributed by atoms with Gasteiger partial charge in [0.1, 0.15) is 0 Å². The van der Waals surface area contributed by atoms with Gasteiger partial charge in [0.25, 0.3) is 0 Å². The summed E-state index contributed by atoms with van der Waals surface area (Å²) in [5, 5.41) is 23.0. The van der Waals surface area contributed by atoms with Crippen LogP contribution < -0.4 is 21.3 Å². The maximum Gasteiger partial charge on any atom is 0.0817 e. The van der Waals surface area contributed by atoms with Crippen molar-refractivity contribution in [1.82, 2.24) is 21.3 Å². The zero-order valence-corrected chi connectivity index (χ0v) is 17.0. The minimum absolute atomic E-state index is 0.217. The normalized spacial score (nSPS) is 26.0. The molecular weight excluding hydrogens is 300 g/mol. The molecule has 2 unspecified atom stereocenters. The Kier molecular flexibility index (Phi) is 15.0. The Balaban J connectivity index is 0.000000400. The van der Waals surface area contributed by atoms with E-state index >= 15 is 0 Å². The maximum atomic E-state index is 9.49. The lowest BCUT2D eigenvalue weighted by molar-refractivity contribution is 0.0986. The summed E-state index contributed by atoms with van der Waals surface area (Å²) < 4.78 is 0. The highest BCUT2D eigenvalue weighted by atomic mass is 16.3. The third-order valence-corrected chi connectivity index (χ3v) is 4.47. The third-order valence-electron chi connectivity index (χ3n) is 4.47. The zero-order valence-electron chi connectivity index (χ0n) is 17.0. The molecule has 0 spiro atoms. The first-order valence-electron chi connectivity index (χ1n) is 10.1. The summed E-state index contributed by atoms with van der Waals surface area (Å²) in [7, 11) is 0. The van der Waals surface area contributed by atoms with Crippen LogP contribution in [-0.4, -0.2) is 61.6 Å². The molecule has 24 heavy (non-hydrogen) atoms. The predicted molar refractivity (Wildman–Crippen MR) is 106 cm³/mol. The van der Waals surface area contributed by atoms with Crippen molar-refractivity contribution in [1.29, 1.82) is 0 Å². The lowest BCUT2D eigenvalue weighted by atomic mass is 10.0. The van der Waals surface area contributed by atoms with E-state index in [2.05, 4.69) is 49.0 Å². The number of piperidine rings is 2. The molecule has 0 aromatic carbocycles. The van der Waals surface area contributed by atoms with Crippen molar-refractivity contribution in [3.05, 3.63) is 0 Å². The van der Waals surface area contributed by atoms with Crippen LogP contribution in [0.25, 0.3) is 0 Å². The van der Waals surface area contributed by atoms with Gasteiger partial charge in [0.05, 0.1) is 6.10 Å². The summed E-state index contributed by atoms with van der Waals surface area (Å²) in [5.74, 6) is 0. The van der Waals surface area contributed by atoms with E-state index in [0.717, 1.165) is 25.6 Å². The first kappa shape index (κ1) is 23.8. The van der Waals surface area contributed by atoms with Gasteiger partial charge in [-0.1, -0.05) is 34.6 Å². The fourth-order valence-electron chi connectivity index (χ4n) is 2.97. The largest absolute Gasteiger partial charge is 0.390 e. The quantitative estimate of drug-likeness (QED) is 0.527. The van der Waals surface area contributed by atoms with Crippen LogP contribution in [0.4, 0.5) is 0 Å². The fraction of sp³-hybridized carbons (Fsp3) is 1.00. The Hall–Kier alpha value is -0.200. The van der Waals surface area contributed by atoms with E-state index < -0.39 is 0 Å². The molecular formula is C19H44N4O. The second-order valence-electron chi connectivity index (χ2n) is 6.99. The molecule has 5 nitrogen and oxygen atoms in total. The average molecular weight is 345 g/mol. The summed E-state index contributed by atoms with van der Waals surface area (Å²) in [6.07, 6.45) is 4.64. The molecule has 0 amide bonds. The molecule has 0 saturated carbocycles. The Morgan fingerprint density at radius 2 is 1.54 bits per heavy atom. The number of rotatable bonds is 5. The number of aliphatic hydroxyl groups excluding tert-OH is 1.